The van der Waals surface area contributed by atoms with Crippen LogP contribution in [0.2, 0.25) is 0 Å². The maximum absolute atomic E-state index is 11.3. The van der Waals surface area contributed by atoms with Gasteiger partial charge in [0.15, 0.2) is 0 Å². The Bertz CT molecular complexity index is 215. The van der Waals surface area contributed by atoms with E-state index in [9.17, 15) is 9.59 Å². The van der Waals surface area contributed by atoms with Gasteiger partial charge in [0, 0.05) is 20.0 Å². The second kappa shape index (κ2) is 4.25. The summed E-state index contributed by atoms with van der Waals surface area (Å²) in [5.41, 5.74) is 0. The third kappa shape index (κ3) is 2.44. The Kier molecular flexibility index (Phi) is 3.28. The molecule has 0 aromatic heterocycles. The summed E-state index contributed by atoms with van der Waals surface area (Å²) in [7, 11) is 1.72. The van der Waals surface area contributed by atoms with Gasteiger partial charge in [0.25, 0.3) is 0 Å². The van der Waals surface area contributed by atoms with Gasteiger partial charge in [0.1, 0.15) is 0 Å². The van der Waals surface area contributed by atoms with Crippen molar-refractivity contribution < 1.29 is 14.3 Å². The number of piperidine rings is 1. The number of hydrogen-bond donors (Lipinski definition) is 0. The van der Waals surface area contributed by atoms with E-state index < -0.39 is 0 Å². The van der Waals surface area contributed by atoms with Crippen molar-refractivity contribution >= 4 is 11.9 Å². The van der Waals surface area contributed by atoms with Crippen molar-refractivity contribution in [3.8, 4) is 0 Å². The normalized spacial score (nSPS) is 23.1. The van der Waals surface area contributed by atoms with Gasteiger partial charge in [-0.1, -0.05) is 0 Å². The highest BCUT2D eigenvalue weighted by atomic mass is 16.5. The summed E-state index contributed by atoms with van der Waals surface area (Å²) in [5, 5.41) is 0. The molecule has 0 radical (unpaired) electrons. The van der Waals surface area contributed by atoms with Gasteiger partial charge >= 0.3 is 5.97 Å². The van der Waals surface area contributed by atoms with Gasteiger partial charge in [-0.3, -0.25) is 9.59 Å². The number of likely N-dealkylation sites (tertiary alicyclic amines) is 1. The zero-order chi connectivity index (χ0) is 9.84. The monoisotopic (exact) mass is 185 g/mol. The minimum absolute atomic E-state index is 0.112. The number of esters is 1. The van der Waals surface area contributed by atoms with Crippen molar-refractivity contribution in [2.24, 2.45) is 5.92 Å². The molecule has 4 nitrogen and oxygen atoms in total. The Morgan fingerprint density at radius 2 is 2.38 bits per heavy atom. The number of carbonyl (C=O) groups excluding carboxylic acids is 2. The maximum Gasteiger partial charge on any atom is 0.310 e. The van der Waals surface area contributed by atoms with E-state index in [1.807, 2.05) is 0 Å². The van der Waals surface area contributed by atoms with E-state index in [0.29, 0.717) is 26.0 Å². The minimum atomic E-state index is -0.179. The number of hydrogen-bond acceptors (Lipinski definition) is 3. The van der Waals surface area contributed by atoms with E-state index in [2.05, 4.69) is 0 Å². The van der Waals surface area contributed by atoms with Crippen LogP contribution >= 0.6 is 0 Å². The first-order valence-electron chi connectivity index (χ1n) is 4.55. The Hall–Kier alpha value is -1.06. The van der Waals surface area contributed by atoms with Gasteiger partial charge in [0.05, 0.1) is 12.5 Å². The Morgan fingerprint density at radius 1 is 1.69 bits per heavy atom. The second-order valence-electron chi connectivity index (χ2n) is 3.26. The largest absolute Gasteiger partial charge is 0.466 e. The molecule has 74 valence electrons. The van der Waals surface area contributed by atoms with E-state index in [1.54, 1.807) is 18.9 Å². The number of nitrogens with zero attached hydrogens (tertiary/aromatic N) is 1. The number of amides is 1. The lowest BCUT2D eigenvalue weighted by Gasteiger charge is -2.27. The zero-order valence-electron chi connectivity index (χ0n) is 8.08. The van der Waals surface area contributed by atoms with E-state index in [1.165, 1.54) is 0 Å². The van der Waals surface area contributed by atoms with Crippen molar-refractivity contribution in [2.75, 3.05) is 20.2 Å². The summed E-state index contributed by atoms with van der Waals surface area (Å²) in [5.74, 6) is -0.190. The summed E-state index contributed by atoms with van der Waals surface area (Å²) < 4.78 is 4.89. The van der Waals surface area contributed by atoms with Crippen molar-refractivity contribution in [1.82, 2.24) is 4.90 Å². The molecule has 1 unspecified atom stereocenters. The van der Waals surface area contributed by atoms with Crippen molar-refractivity contribution in [2.45, 2.75) is 19.8 Å². The lowest BCUT2D eigenvalue weighted by atomic mass is 9.98. The smallest absolute Gasteiger partial charge is 0.310 e. The predicted molar refractivity (Wildman–Crippen MR) is 47.0 cm³/mol. The third-order valence-corrected chi connectivity index (χ3v) is 2.25. The van der Waals surface area contributed by atoms with Crippen molar-refractivity contribution in [1.29, 1.82) is 0 Å². The minimum Gasteiger partial charge on any atom is -0.466 e. The van der Waals surface area contributed by atoms with Gasteiger partial charge in [-0.05, 0) is 13.3 Å². The van der Waals surface area contributed by atoms with Crippen LogP contribution in [-0.4, -0.2) is 37.0 Å². The highest BCUT2D eigenvalue weighted by Crippen LogP contribution is 2.17. The summed E-state index contributed by atoms with van der Waals surface area (Å²) >= 11 is 0. The molecule has 1 aliphatic heterocycles. The molecule has 1 rings (SSSR count). The molecule has 0 aromatic rings. The summed E-state index contributed by atoms with van der Waals surface area (Å²) in [6, 6.07) is 0. The fourth-order valence-corrected chi connectivity index (χ4v) is 1.46. The van der Waals surface area contributed by atoms with Gasteiger partial charge in [-0.2, -0.15) is 0 Å². The molecule has 0 spiro atoms. The first-order valence-corrected chi connectivity index (χ1v) is 4.55. The predicted octanol–water partition coefficient (Wildman–Crippen LogP) is 0.418. The number of ether oxygens (including phenoxy) is 1. The summed E-state index contributed by atoms with van der Waals surface area (Å²) in [4.78, 5) is 24.0. The van der Waals surface area contributed by atoms with E-state index in [0.717, 1.165) is 0 Å². The average Bonchev–Trinajstić information content (AvgIpc) is 2.10. The van der Waals surface area contributed by atoms with Crippen molar-refractivity contribution in [3.05, 3.63) is 0 Å². The zero-order valence-corrected chi connectivity index (χ0v) is 8.08. The Labute approximate surface area is 77.8 Å². The lowest BCUT2D eigenvalue weighted by molar-refractivity contribution is -0.151. The number of carbonyl (C=O) groups is 2. The highest BCUT2D eigenvalue weighted by Gasteiger charge is 2.28. The van der Waals surface area contributed by atoms with Gasteiger partial charge < -0.3 is 9.64 Å². The van der Waals surface area contributed by atoms with Gasteiger partial charge in [0.2, 0.25) is 5.91 Å². The van der Waals surface area contributed by atoms with Crippen LogP contribution in [0.1, 0.15) is 19.8 Å². The van der Waals surface area contributed by atoms with Crippen LogP contribution in [0.15, 0.2) is 0 Å². The molecular weight excluding hydrogens is 170 g/mol. The van der Waals surface area contributed by atoms with Crippen LogP contribution in [0.3, 0.4) is 0 Å². The van der Waals surface area contributed by atoms with Crippen LogP contribution in [0.4, 0.5) is 0 Å². The molecule has 1 saturated heterocycles. The maximum atomic E-state index is 11.3. The van der Waals surface area contributed by atoms with E-state index >= 15 is 0 Å². The molecule has 4 heteroatoms. The van der Waals surface area contributed by atoms with Gasteiger partial charge in [-0.15, -0.1) is 0 Å². The third-order valence-electron chi connectivity index (χ3n) is 2.25. The first-order chi connectivity index (χ1) is 6.15. The molecule has 1 atom stereocenters. The molecule has 13 heavy (non-hydrogen) atoms. The topological polar surface area (TPSA) is 46.6 Å². The fourth-order valence-electron chi connectivity index (χ4n) is 1.46. The van der Waals surface area contributed by atoms with Crippen LogP contribution < -0.4 is 0 Å². The van der Waals surface area contributed by atoms with Crippen LogP contribution in [0, 0.1) is 5.92 Å². The molecule has 1 amide bonds. The first kappa shape index (κ1) is 10.0. The van der Waals surface area contributed by atoms with Crippen LogP contribution in [-0.2, 0) is 14.3 Å². The SMILES string of the molecule is CCOC(=O)C1CCC(=O)N(C)C1. The lowest BCUT2D eigenvalue weighted by Crippen LogP contribution is -2.40. The molecule has 0 N–H and O–H groups in total. The molecule has 1 fully saturated rings. The fraction of sp³-hybridized carbons (Fsp3) is 0.778. The average molecular weight is 185 g/mol. The molecule has 0 aromatic carbocycles. The van der Waals surface area contributed by atoms with Gasteiger partial charge in [-0.25, -0.2) is 0 Å². The highest BCUT2D eigenvalue weighted by molar-refractivity contribution is 5.80. The van der Waals surface area contributed by atoms with E-state index in [-0.39, 0.29) is 17.8 Å². The molecule has 1 aliphatic rings. The number of rotatable bonds is 2. The summed E-state index contributed by atoms with van der Waals surface area (Å²) in [6.07, 6.45) is 1.09. The Morgan fingerprint density at radius 3 is 2.92 bits per heavy atom. The molecule has 1 heterocycles. The molecule has 0 saturated carbocycles. The van der Waals surface area contributed by atoms with Crippen molar-refractivity contribution in [3.63, 3.8) is 0 Å². The van der Waals surface area contributed by atoms with Crippen LogP contribution in [0.5, 0.6) is 0 Å². The van der Waals surface area contributed by atoms with Crippen LogP contribution in [0.25, 0.3) is 0 Å². The Balaban J connectivity index is 2.45. The summed E-state index contributed by atoms with van der Waals surface area (Å²) in [6.45, 7) is 2.69. The van der Waals surface area contributed by atoms with E-state index in [4.69, 9.17) is 4.74 Å². The standard InChI is InChI=1S/C9H15NO3/c1-3-13-9(12)7-4-5-8(11)10(2)6-7/h7H,3-6H2,1-2H3. The quantitative estimate of drug-likeness (QED) is 0.586. The molecular formula is C9H15NO3. The molecule has 0 bridgehead atoms. The second-order valence-corrected chi connectivity index (χ2v) is 3.26. The molecule has 0 aliphatic carbocycles.